The number of aryl methyl sites for hydroxylation is 1. The lowest BCUT2D eigenvalue weighted by Gasteiger charge is -2.29. The fourth-order valence-corrected chi connectivity index (χ4v) is 2.14. The first-order chi connectivity index (χ1) is 7.12. The number of allylic oxidation sites excluding steroid dienone is 1. The van der Waals surface area contributed by atoms with Gasteiger partial charge in [-0.1, -0.05) is 18.2 Å². The van der Waals surface area contributed by atoms with Crippen molar-refractivity contribution in [2.45, 2.75) is 31.8 Å². The minimum absolute atomic E-state index is 0.289. The van der Waals surface area contributed by atoms with Crippen molar-refractivity contribution in [3.05, 3.63) is 47.3 Å². The number of hydrogen-bond donors (Lipinski definition) is 1. The molecule has 0 saturated carbocycles. The van der Waals surface area contributed by atoms with E-state index in [1.807, 2.05) is 13.0 Å². The van der Waals surface area contributed by atoms with E-state index in [2.05, 4.69) is 0 Å². The summed E-state index contributed by atoms with van der Waals surface area (Å²) < 4.78 is 13.1. The molecule has 2 rings (SSSR count). The van der Waals surface area contributed by atoms with E-state index >= 15 is 0 Å². The maximum Gasteiger partial charge on any atom is 0.123 e. The molecule has 1 atom stereocenters. The molecule has 2 heteroatoms. The van der Waals surface area contributed by atoms with Gasteiger partial charge in [-0.2, -0.15) is 0 Å². The Morgan fingerprint density at radius 2 is 2.20 bits per heavy atom. The van der Waals surface area contributed by atoms with Crippen LogP contribution >= 0.6 is 0 Å². The summed E-state index contributed by atoms with van der Waals surface area (Å²) in [5.74, 6) is -0.289. The summed E-state index contributed by atoms with van der Waals surface area (Å²) in [5.41, 5.74) is 0.661. The fourth-order valence-electron chi connectivity index (χ4n) is 2.14. The molecular weight excluding hydrogens is 191 g/mol. The summed E-state index contributed by atoms with van der Waals surface area (Å²) in [7, 11) is 0. The molecule has 1 nitrogen and oxygen atoms in total. The van der Waals surface area contributed by atoms with Gasteiger partial charge < -0.3 is 5.11 Å². The SMILES string of the molecule is Cc1ccc(F)cc1C1(O)C=CCCC1. The Hall–Kier alpha value is -1.15. The normalized spacial score (nSPS) is 25.5. The predicted octanol–water partition coefficient (Wildman–Crippen LogP) is 3.06. The Labute approximate surface area is 89.3 Å². The number of benzene rings is 1. The zero-order chi connectivity index (χ0) is 10.9. The summed E-state index contributed by atoms with van der Waals surface area (Å²) in [6.45, 7) is 1.90. The molecule has 1 aliphatic rings. The van der Waals surface area contributed by atoms with Crippen LogP contribution in [0.5, 0.6) is 0 Å². The van der Waals surface area contributed by atoms with Crippen LogP contribution in [0.4, 0.5) is 4.39 Å². The van der Waals surface area contributed by atoms with Gasteiger partial charge in [-0.05, 0) is 49.4 Å². The summed E-state index contributed by atoms with van der Waals surface area (Å²) in [5, 5.41) is 10.4. The topological polar surface area (TPSA) is 20.2 Å². The minimum Gasteiger partial charge on any atom is -0.381 e. The van der Waals surface area contributed by atoms with Crippen molar-refractivity contribution in [2.24, 2.45) is 0 Å². The van der Waals surface area contributed by atoms with Crippen LogP contribution in [-0.2, 0) is 5.60 Å². The molecular formula is C13H15FO. The molecule has 0 bridgehead atoms. The molecule has 0 aliphatic heterocycles. The van der Waals surface area contributed by atoms with Gasteiger partial charge in [0.15, 0.2) is 0 Å². The first-order valence-corrected chi connectivity index (χ1v) is 5.28. The lowest BCUT2D eigenvalue weighted by Crippen LogP contribution is -2.26. The second-order valence-electron chi connectivity index (χ2n) is 4.18. The van der Waals surface area contributed by atoms with Crippen molar-refractivity contribution in [1.29, 1.82) is 0 Å². The monoisotopic (exact) mass is 206 g/mol. The molecule has 1 aromatic carbocycles. The van der Waals surface area contributed by atoms with Crippen LogP contribution in [0.25, 0.3) is 0 Å². The van der Waals surface area contributed by atoms with Gasteiger partial charge in [-0.15, -0.1) is 0 Å². The first kappa shape index (κ1) is 10.4. The number of aliphatic hydroxyl groups is 1. The molecule has 0 fully saturated rings. The Kier molecular flexibility index (Phi) is 2.61. The van der Waals surface area contributed by atoms with Gasteiger partial charge in [-0.25, -0.2) is 4.39 Å². The Bertz CT molecular complexity index is 398. The van der Waals surface area contributed by atoms with E-state index in [1.54, 1.807) is 12.1 Å². The lowest BCUT2D eigenvalue weighted by atomic mass is 9.82. The zero-order valence-corrected chi connectivity index (χ0v) is 8.83. The molecule has 0 saturated heterocycles. The molecule has 0 spiro atoms. The number of rotatable bonds is 1. The summed E-state index contributed by atoms with van der Waals surface area (Å²) in [6, 6.07) is 4.57. The molecule has 1 aromatic rings. The van der Waals surface area contributed by atoms with Crippen LogP contribution in [0, 0.1) is 12.7 Å². The van der Waals surface area contributed by atoms with Crippen molar-refractivity contribution in [1.82, 2.24) is 0 Å². The molecule has 1 aliphatic carbocycles. The van der Waals surface area contributed by atoms with Gasteiger partial charge in [0.2, 0.25) is 0 Å². The van der Waals surface area contributed by atoms with Gasteiger partial charge in [-0.3, -0.25) is 0 Å². The summed E-state index contributed by atoms with van der Waals surface area (Å²) in [6.07, 6.45) is 6.37. The van der Waals surface area contributed by atoms with E-state index in [1.165, 1.54) is 12.1 Å². The zero-order valence-electron chi connectivity index (χ0n) is 8.83. The standard InChI is InChI=1S/C13H15FO/c1-10-5-6-11(14)9-12(10)13(15)7-3-2-4-8-13/h3,5-7,9,15H,2,4,8H2,1H3. The fraction of sp³-hybridized carbons (Fsp3) is 0.385. The van der Waals surface area contributed by atoms with Crippen LogP contribution in [0.3, 0.4) is 0 Å². The van der Waals surface area contributed by atoms with Gasteiger partial charge in [0.05, 0.1) is 0 Å². The Morgan fingerprint density at radius 1 is 1.40 bits per heavy atom. The molecule has 0 radical (unpaired) electrons. The van der Waals surface area contributed by atoms with E-state index in [-0.39, 0.29) is 5.82 Å². The quantitative estimate of drug-likeness (QED) is 0.700. The highest BCUT2D eigenvalue weighted by molar-refractivity contribution is 5.35. The smallest absolute Gasteiger partial charge is 0.123 e. The van der Waals surface area contributed by atoms with Crippen LogP contribution in [0.15, 0.2) is 30.4 Å². The second-order valence-corrected chi connectivity index (χ2v) is 4.18. The van der Waals surface area contributed by atoms with E-state index in [0.717, 1.165) is 18.4 Å². The summed E-state index contributed by atoms with van der Waals surface area (Å²) >= 11 is 0. The molecule has 0 amide bonds. The highest BCUT2D eigenvalue weighted by Crippen LogP contribution is 2.34. The van der Waals surface area contributed by atoms with E-state index < -0.39 is 5.60 Å². The van der Waals surface area contributed by atoms with Crippen molar-refractivity contribution < 1.29 is 9.50 Å². The Balaban J connectivity index is 2.47. The highest BCUT2D eigenvalue weighted by atomic mass is 19.1. The van der Waals surface area contributed by atoms with Crippen LogP contribution in [0.1, 0.15) is 30.4 Å². The summed E-state index contributed by atoms with van der Waals surface area (Å²) in [4.78, 5) is 0. The molecule has 0 aromatic heterocycles. The van der Waals surface area contributed by atoms with Crippen LogP contribution < -0.4 is 0 Å². The average Bonchev–Trinajstić information content (AvgIpc) is 2.23. The maximum absolute atomic E-state index is 13.1. The first-order valence-electron chi connectivity index (χ1n) is 5.28. The second kappa shape index (κ2) is 3.78. The third-order valence-electron chi connectivity index (χ3n) is 2.99. The number of hydrogen-bond acceptors (Lipinski definition) is 1. The van der Waals surface area contributed by atoms with Crippen molar-refractivity contribution in [3.63, 3.8) is 0 Å². The predicted molar refractivity (Wildman–Crippen MR) is 58.0 cm³/mol. The third-order valence-corrected chi connectivity index (χ3v) is 2.99. The van der Waals surface area contributed by atoms with Gasteiger partial charge in [0.25, 0.3) is 0 Å². The van der Waals surface area contributed by atoms with E-state index in [0.29, 0.717) is 12.0 Å². The van der Waals surface area contributed by atoms with Gasteiger partial charge in [0.1, 0.15) is 11.4 Å². The molecule has 1 unspecified atom stereocenters. The van der Waals surface area contributed by atoms with Gasteiger partial charge >= 0.3 is 0 Å². The van der Waals surface area contributed by atoms with Crippen LogP contribution in [-0.4, -0.2) is 5.11 Å². The van der Waals surface area contributed by atoms with Crippen molar-refractivity contribution >= 4 is 0 Å². The van der Waals surface area contributed by atoms with Crippen molar-refractivity contribution in [3.8, 4) is 0 Å². The van der Waals surface area contributed by atoms with Gasteiger partial charge in [0, 0.05) is 0 Å². The average molecular weight is 206 g/mol. The largest absolute Gasteiger partial charge is 0.381 e. The molecule has 80 valence electrons. The molecule has 0 heterocycles. The number of halogens is 1. The highest BCUT2D eigenvalue weighted by Gasteiger charge is 2.29. The van der Waals surface area contributed by atoms with Crippen molar-refractivity contribution in [2.75, 3.05) is 0 Å². The molecule has 15 heavy (non-hydrogen) atoms. The lowest BCUT2D eigenvalue weighted by molar-refractivity contribution is 0.0716. The van der Waals surface area contributed by atoms with Crippen LogP contribution in [0.2, 0.25) is 0 Å². The van der Waals surface area contributed by atoms with E-state index in [4.69, 9.17) is 0 Å². The van der Waals surface area contributed by atoms with E-state index in [9.17, 15) is 9.50 Å². The Morgan fingerprint density at radius 3 is 2.87 bits per heavy atom. The maximum atomic E-state index is 13.1. The molecule has 1 N–H and O–H groups in total. The minimum atomic E-state index is -0.968. The third kappa shape index (κ3) is 1.95.